The van der Waals surface area contributed by atoms with Crippen molar-refractivity contribution < 1.29 is 14.4 Å². The summed E-state index contributed by atoms with van der Waals surface area (Å²) in [6.07, 6.45) is 4.93. The molecule has 0 saturated heterocycles. The molecule has 94 valence electrons. The highest BCUT2D eigenvalue weighted by Crippen LogP contribution is 2.28. The van der Waals surface area contributed by atoms with Crippen LogP contribution in [0.25, 0.3) is 0 Å². The van der Waals surface area contributed by atoms with Crippen LogP contribution in [0.2, 0.25) is 0 Å². The molecule has 2 N–H and O–H groups in total. The van der Waals surface area contributed by atoms with E-state index in [2.05, 4.69) is 15.5 Å². The number of carboxylic acid groups (broad SMARTS) is 1. The molecule has 0 atom stereocenters. The average Bonchev–Trinajstić information content (AvgIpc) is 2.83. The van der Waals surface area contributed by atoms with Crippen molar-refractivity contribution in [3.63, 3.8) is 0 Å². The molecule has 1 fully saturated rings. The lowest BCUT2D eigenvalue weighted by Crippen LogP contribution is -2.28. The normalized spacial score (nSPS) is 24.7. The fourth-order valence-corrected chi connectivity index (χ4v) is 2.27. The van der Waals surface area contributed by atoms with E-state index in [1.165, 1.54) is 6.33 Å². The molecule has 6 nitrogen and oxygen atoms in total. The minimum atomic E-state index is -0.651. The number of nitrogens with one attached hydrogen (secondary N) is 1. The van der Waals surface area contributed by atoms with Gasteiger partial charge in [0.1, 0.15) is 0 Å². The van der Waals surface area contributed by atoms with Crippen molar-refractivity contribution in [2.75, 3.05) is 6.54 Å². The van der Waals surface area contributed by atoms with Gasteiger partial charge in [0.05, 0.1) is 12.5 Å². The van der Waals surface area contributed by atoms with Crippen LogP contribution in [0.15, 0.2) is 10.9 Å². The number of carboxylic acids is 1. The Hall–Kier alpha value is -1.43. The maximum Gasteiger partial charge on any atom is 0.306 e. The Labute approximate surface area is 99.4 Å². The first kappa shape index (κ1) is 12.0. The number of aromatic nitrogens is 2. The first-order chi connectivity index (χ1) is 8.25. The second-order valence-corrected chi connectivity index (χ2v) is 4.52. The van der Waals surface area contributed by atoms with Crippen LogP contribution in [0.5, 0.6) is 0 Å². The highest BCUT2D eigenvalue weighted by molar-refractivity contribution is 5.69. The van der Waals surface area contributed by atoms with Gasteiger partial charge in [0, 0.05) is 0 Å². The van der Waals surface area contributed by atoms with E-state index in [0.29, 0.717) is 18.4 Å². The van der Waals surface area contributed by atoms with Crippen molar-refractivity contribution in [2.45, 2.75) is 32.2 Å². The molecule has 0 aromatic carbocycles. The number of nitrogens with zero attached hydrogens (tertiary/aromatic N) is 2. The van der Waals surface area contributed by atoms with Crippen LogP contribution in [0.3, 0.4) is 0 Å². The van der Waals surface area contributed by atoms with Crippen LogP contribution in [0.4, 0.5) is 0 Å². The zero-order valence-electron chi connectivity index (χ0n) is 9.63. The van der Waals surface area contributed by atoms with E-state index in [1.807, 2.05) is 0 Å². The van der Waals surface area contributed by atoms with E-state index < -0.39 is 5.97 Å². The van der Waals surface area contributed by atoms with Crippen LogP contribution >= 0.6 is 0 Å². The van der Waals surface area contributed by atoms with E-state index in [0.717, 1.165) is 32.2 Å². The molecule has 0 bridgehead atoms. The first-order valence-corrected chi connectivity index (χ1v) is 5.95. The van der Waals surface area contributed by atoms with Gasteiger partial charge in [-0.15, -0.1) is 0 Å². The number of rotatable bonds is 5. The maximum atomic E-state index is 10.8. The Balaban J connectivity index is 1.63. The van der Waals surface area contributed by atoms with Gasteiger partial charge in [-0.25, -0.2) is 0 Å². The summed E-state index contributed by atoms with van der Waals surface area (Å²) in [6.45, 7) is 1.47. The molecule has 1 heterocycles. The molecule has 6 heteroatoms. The van der Waals surface area contributed by atoms with Crippen molar-refractivity contribution in [1.82, 2.24) is 15.5 Å². The molecule has 1 aromatic rings. The van der Waals surface area contributed by atoms with Crippen molar-refractivity contribution in [1.29, 1.82) is 0 Å². The third kappa shape index (κ3) is 3.52. The first-order valence-electron chi connectivity index (χ1n) is 5.95. The number of carbonyl (C=O) groups is 1. The van der Waals surface area contributed by atoms with Gasteiger partial charge in [-0.2, -0.15) is 4.98 Å². The summed E-state index contributed by atoms with van der Waals surface area (Å²) in [4.78, 5) is 14.7. The maximum absolute atomic E-state index is 10.8. The van der Waals surface area contributed by atoms with E-state index in [-0.39, 0.29) is 5.92 Å². The molecule has 2 rings (SSSR count). The number of aliphatic carboxylic acids is 1. The summed E-state index contributed by atoms with van der Waals surface area (Å²) in [5, 5.41) is 15.7. The average molecular weight is 239 g/mol. The van der Waals surface area contributed by atoms with E-state index in [1.54, 1.807) is 0 Å². The molecule has 0 spiro atoms. The van der Waals surface area contributed by atoms with Crippen molar-refractivity contribution >= 4 is 5.97 Å². The minimum Gasteiger partial charge on any atom is -0.481 e. The summed E-state index contributed by atoms with van der Waals surface area (Å²) in [6, 6.07) is 0. The van der Waals surface area contributed by atoms with Gasteiger partial charge >= 0.3 is 5.97 Å². The van der Waals surface area contributed by atoms with Crippen LogP contribution in [0, 0.1) is 11.8 Å². The molecule has 0 amide bonds. The predicted octanol–water partition coefficient (Wildman–Crippen LogP) is 1.05. The van der Waals surface area contributed by atoms with Gasteiger partial charge in [-0.05, 0) is 38.1 Å². The van der Waals surface area contributed by atoms with Crippen LogP contribution < -0.4 is 5.32 Å². The second kappa shape index (κ2) is 5.77. The van der Waals surface area contributed by atoms with E-state index in [9.17, 15) is 4.79 Å². The SMILES string of the molecule is O=C(O)C1CCC(CNCc2ncno2)CC1. The van der Waals surface area contributed by atoms with Gasteiger partial charge in [0.25, 0.3) is 0 Å². The van der Waals surface area contributed by atoms with Gasteiger partial charge in [-0.1, -0.05) is 5.16 Å². The zero-order valence-corrected chi connectivity index (χ0v) is 9.63. The van der Waals surface area contributed by atoms with Crippen molar-refractivity contribution in [2.24, 2.45) is 11.8 Å². The van der Waals surface area contributed by atoms with E-state index in [4.69, 9.17) is 9.63 Å². The minimum absolute atomic E-state index is 0.137. The Morgan fingerprint density at radius 2 is 2.24 bits per heavy atom. The topological polar surface area (TPSA) is 88.2 Å². The van der Waals surface area contributed by atoms with Crippen molar-refractivity contribution in [3.05, 3.63) is 12.2 Å². The van der Waals surface area contributed by atoms with E-state index >= 15 is 0 Å². The van der Waals surface area contributed by atoms with Gasteiger partial charge in [0.15, 0.2) is 6.33 Å². The van der Waals surface area contributed by atoms with Crippen molar-refractivity contribution in [3.8, 4) is 0 Å². The van der Waals surface area contributed by atoms with Crippen LogP contribution in [0.1, 0.15) is 31.6 Å². The molecule has 0 radical (unpaired) electrons. The Bertz CT molecular complexity index is 345. The van der Waals surface area contributed by atoms with Gasteiger partial charge in [0.2, 0.25) is 5.89 Å². The standard InChI is InChI=1S/C11H17N3O3/c15-11(16)9-3-1-8(2-4-9)5-12-6-10-13-7-14-17-10/h7-9,12H,1-6H2,(H,15,16). The molecule has 1 saturated carbocycles. The predicted molar refractivity (Wildman–Crippen MR) is 59.1 cm³/mol. The highest BCUT2D eigenvalue weighted by Gasteiger charge is 2.25. The summed E-state index contributed by atoms with van der Waals surface area (Å²) >= 11 is 0. The highest BCUT2D eigenvalue weighted by atomic mass is 16.5. The lowest BCUT2D eigenvalue weighted by atomic mass is 9.82. The fourth-order valence-electron chi connectivity index (χ4n) is 2.27. The lowest BCUT2D eigenvalue weighted by Gasteiger charge is -2.25. The zero-order chi connectivity index (χ0) is 12.1. The van der Waals surface area contributed by atoms with Gasteiger partial charge in [-0.3, -0.25) is 4.79 Å². The third-order valence-corrected chi connectivity index (χ3v) is 3.31. The Kier molecular flexibility index (Phi) is 4.08. The largest absolute Gasteiger partial charge is 0.481 e. The molecule has 0 unspecified atom stereocenters. The number of hydrogen-bond donors (Lipinski definition) is 2. The lowest BCUT2D eigenvalue weighted by molar-refractivity contribution is -0.143. The Morgan fingerprint density at radius 1 is 1.47 bits per heavy atom. The molecule has 1 aliphatic rings. The summed E-state index contributed by atoms with van der Waals surface area (Å²) < 4.78 is 4.87. The molecular formula is C11H17N3O3. The summed E-state index contributed by atoms with van der Waals surface area (Å²) in [5.74, 6) is 0.363. The van der Waals surface area contributed by atoms with Crippen LogP contribution in [-0.4, -0.2) is 27.8 Å². The fraction of sp³-hybridized carbons (Fsp3) is 0.727. The second-order valence-electron chi connectivity index (χ2n) is 4.52. The monoisotopic (exact) mass is 239 g/mol. The Morgan fingerprint density at radius 3 is 2.82 bits per heavy atom. The quantitative estimate of drug-likeness (QED) is 0.798. The van der Waals surface area contributed by atoms with Crippen LogP contribution in [-0.2, 0) is 11.3 Å². The summed E-state index contributed by atoms with van der Waals surface area (Å²) in [5.41, 5.74) is 0. The molecule has 1 aliphatic carbocycles. The molecule has 17 heavy (non-hydrogen) atoms. The third-order valence-electron chi connectivity index (χ3n) is 3.31. The number of hydrogen-bond acceptors (Lipinski definition) is 5. The molecular weight excluding hydrogens is 222 g/mol. The summed E-state index contributed by atoms with van der Waals surface area (Å²) in [7, 11) is 0. The van der Waals surface area contributed by atoms with Gasteiger partial charge < -0.3 is 14.9 Å². The smallest absolute Gasteiger partial charge is 0.306 e. The molecule has 0 aliphatic heterocycles. The molecule has 1 aromatic heterocycles.